The van der Waals surface area contributed by atoms with Crippen LogP contribution in [0.3, 0.4) is 0 Å². The fourth-order valence-electron chi connectivity index (χ4n) is 1.45. The minimum Gasteiger partial charge on any atom is -0.477 e. The largest absolute Gasteiger partial charge is 0.477 e. The van der Waals surface area contributed by atoms with Gasteiger partial charge in [-0.1, -0.05) is 6.07 Å². The number of carboxylic acids is 1. The summed E-state index contributed by atoms with van der Waals surface area (Å²) in [5.74, 6) is -1.22. The van der Waals surface area contributed by atoms with E-state index in [4.69, 9.17) is 5.11 Å². The molecule has 0 aliphatic rings. The average Bonchev–Trinajstić information content (AvgIpc) is 2.86. The second-order valence-corrected chi connectivity index (χ2v) is 6.44. The number of hydrogen-bond donors (Lipinski definition) is 3. The number of rotatable bonds is 4. The molecule has 0 saturated carbocycles. The maximum Gasteiger partial charge on any atom is 0.354 e. The van der Waals surface area contributed by atoms with Crippen molar-refractivity contribution < 1.29 is 18.3 Å². The van der Waals surface area contributed by atoms with E-state index in [0.717, 1.165) is 11.3 Å². The first-order chi connectivity index (χ1) is 8.40. The van der Waals surface area contributed by atoms with Crippen LogP contribution in [0.1, 0.15) is 16.2 Å². The highest BCUT2D eigenvalue weighted by molar-refractivity contribution is 7.94. The lowest BCUT2D eigenvalue weighted by Gasteiger charge is -2.04. The van der Waals surface area contributed by atoms with E-state index in [1.165, 1.54) is 12.1 Å². The highest BCUT2D eigenvalue weighted by Gasteiger charge is 2.20. The Morgan fingerprint density at radius 1 is 1.50 bits per heavy atom. The molecule has 0 aliphatic heterocycles. The molecule has 2 rings (SSSR count). The van der Waals surface area contributed by atoms with E-state index in [1.807, 2.05) is 0 Å². The Hall–Kier alpha value is -1.80. The Morgan fingerprint density at radius 3 is 2.78 bits per heavy atom. The van der Waals surface area contributed by atoms with Crippen LogP contribution in [-0.2, 0) is 10.0 Å². The first-order valence-electron chi connectivity index (χ1n) is 4.89. The van der Waals surface area contributed by atoms with Gasteiger partial charge in [0.2, 0.25) is 0 Å². The zero-order valence-electron chi connectivity index (χ0n) is 9.30. The third-order valence-electron chi connectivity index (χ3n) is 2.17. The van der Waals surface area contributed by atoms with Gasteiger partial charge in [-0.15, -0.1) is 11.3 Å². The standard InChI is InChI=1S/C10H10N2O4S2/c1-6-5-7(9(11-6)10(13)14)12-18(15,16)8-3-2-4-17-8/h2-5,11-12H,1H3,(H,13,14). The van der Waals surface area contributed by atoms with E-state index in [1.54, 1.807) is 18.4 Å². The van der Waals surface area contributed by atoms with Crippen LogP contribution in [0, 0.1) is 6.92 Å². The van der Waals surface area contributed by atoms with Gasteiger partial charge in [0.15, 0.2) is 0 Å². The smallest absolute Gasteiger partial charge is 0.354 e. The van der Waals surface area contributed by atoms with Gasteiger partial charge in [0, 0.05) is 5.69 Å². The number of aromatic nitrogens is 1. The van der Waals surface area contributed by atoms with Crippen LogP contribution >= 0.6 is 11.3 Å². The van der Waals surface area contributed by atoms with Gasteiger partial charge in [0.1, 0.15) is 9.90 Å². The summed E-state index contributed by atoms with van der Waals surface area (Å²) < 4.78 is 26.3. The van der Waals surface area contributed by atoms with Crippen molar-refractivity contribution in [1.82, 2.24) is 4.98 Å². The normalized spacial score (nSPS) is 11.4. The molecule has 0 unspecified atom stereocenters. The predicted octanol–water partition coefficient (Wildman–Crippen LogP) is 1.88. The SMILES string of the molecule is Cc1cc(NS(=O)(=O)c2cccs2)c(C(=O)O)[nH]1. The van der Waals surface area contributed by atoms with Crippen LogP contribution in [0.4, 0.5) is 5.69 Å². The lowest BCUT2D eigenvalue weighted by atomic mass is 10.4. The lowest BCUT2D eigenvalue weighted by molar-refractivity contribution is 0.0692. The molecule has 0 fully saturated rings. The Bertz CT molecular complexity index is 671. The zero-order chi connectivity index (χ0) is 13.3. The Labute approximate surface area is 107 Å². The van der Waals surface area contributed by atoms with Gasteiger partial charge in [-0.2, -0.15) is 0 Å². The first-order valence-corrected chi connectivity index (χ1v) is 7.25. The summed E-state index contributed by atoms with van der Waals surface area (Å²) in [7, 11) is -3.73. The van der Waals surface area contributed by atoms with Crippen molar-refractivity contribution in [3.05, 3.63) is 35.0 Å². The van der Waals surface area contributed by atoms with Crippen LogP contribution < -0.4 is 4.72 Å². The van der Waals surface area contributed by atoms with E-state index in [-0.39, 0.29) is 15.6 Å². The number of sulfonamides is 1. The molecule has 8 heteroatoms. The molecule has 0 saturated heterocycles. The van der Waals surface area contributed by atoms with Gasteiger partial charge in [-0.3, -0.25) is 4.72 Å². The van der Waals surface area contributed by atoms with E-state index >= 15 is 0 Å². The van der Waals surface area contributed by atoms with Crippen molar-refractivity contribution in [1.29, 1.82) is 0 Å². The maximum absolute atomic E-state index is 11.9. The molecule has 0 atom stereocenters. The van der Waals surface area contributed by atoms with Crippen molar-refractivity contribution in [3.63, 3.8) is 0 Å². The van der Waals surface area contributed by atoms with E-state index in [2.05, 4.69) is 9.71 Å². The number of carbonyl (C=O) groups is 1. The van der Waals surface area contributed by atoms with Gasteiger partial charge >= 0.3 is 5.97 Å². The number of H-pyrrole nitrogens is 1. The molecule has 2 aromatic heterocycles. The molecule has 18 heavy (non-hydrogen) atoms. The third-order valence-corrected chi connectivity index (χ3v) is 4.93. The lowest BCUT2D eigenvalue weighted by Crippen LogP contribution is -2.13. The second kappa shape index (κ2) is 4.46. The monoisotopic (exact) mass is 286 g/mol. The Morgan fingerprint density at radius 2 is 2.22 bits per heavy atom. The fourth-order valence-corrected chi connectivity index (χ4v) is 3.51. The summed E-state index contributed by atoms with van der Waals surface area (Å²) in [5, 5.41) is 10.6. The zero-order valence-corrected chi connectivity index (χ0v) is 10.9. The minimum absolute atomic E-state index is 0.0356. The molecular weight excluding hydrogens is 276 g/mol. The first kappa shape index (κ1) is 12.7. The molecule has 0 spiro atoms. The van der Waals surface area contributed by atoms with Crippen molar-refractivity contribution in [2.45, 2.75) is 11.1 Å². The van der Waals surface area contributed by atoms with Crippen LogP contribution in [0.2, 0.25) is 0 Å². The molecule has 2 aromatic rings. The average molecular weight is 286 g/mol. The Balaban J connectivity index is 2.38. The van der Waals surface area contributed by atoms with Crippen LogP contribution in [0.15, 0.2) is 27.8 Å². The van der Waals surface area contributed by atoms with Crippen molar-refractivity contribution >= 4 is 33.0 Å². The molecule has 0 aliphatic carbocycles. The van der Waals surface area contributed by atoms with Gasteiger partial charge in [0.25, 0.3) is 10.0 Å². The van der Waals surface area contributed by atoms with Crippen LogP contribution in [0.5, 0.6) is 0 Å². The summed E-state index contributed by atoms with van der Waals surface area (Å²) in [6.07, 6.45) is 0. The maximum atomic E-state index is 11.9. The van der Waals surface area contributed by atoms with Crippen LogP contribution in [0.25, 0.3) is 0 Å². The molecule has 2 heterocycles. The highest BCUT2D eigenvalue weighted by atomic mass is 32.2. The van der Waals surface area contributed by atoms with Crippen molar-refractivity contribution in [3.8, 4) is 0 Å². The number of aryl methyl sites for hydroxylation is 1. The number of carboxylic acid groups (broad SMARTS) is 1. The second-order valence-electron chi connectivity index (χ2n) is 3.58. The Kier molecular flexibility index (Phi) is 3.14. The summed E-state index contributed by atoms with van der Waals surface area (Å²) in [4.78, 5) is 13.5. The van der Waals surface area contributed by atoms with Crippen molar-refractivity contribution in [2.24, 2.45) is 0 Å². The summed E-state index contributed by atoms with van der Waals surface area (Å²) >= 11 is 1.06. The van der Waals surface area contributed by atoms with Gasteiger partial charge in [-0.25, -0.2) is 13.2 Å². The third kappa shape index (κ3) is 2.39. The van der Waals surface area contributed by atoms with E-state index in [0.29, 0.717) is 5.69 Å². The van der Waals surface area contributed by atoms with Gasteiger partial charge in [0.05, 0.1) is 5.69 Å². The van der Waals surface area contributed by atoms with E-state index in [9.17, 15) is 13.2 Å². The number of nitrogens with one attached hydrogen (secondary N) is 2. The van der Waals surface area contributed by atoms with Gasteiger partial charge < -0.3 is 10.1 Å². The topological polar surface area (TPSA) is 99.3 Å². The molecule has 0 radical (unpaired) electrons. The molecule has 0 bridgehead atoms. The summed E-state index contributed by atoms with van der Waals surface area (Å²) in [6, 6.07) is 4.50. The number of hydrogen-bond acceptors (Lipinski definition) is 4. The molecule has 3 N–H and O–H groups in total. The number of aromatic amines is 1. The number of thiophene rings is 1. The summed E-state index contributed by atoms with van der Waals surface area (Å²) in [6.45, 7) is 1.65. The van der Waals surface area contributed by atoms with Crippen molar-refractivity contribution in [2.75, 3.05) is 4.72 Å². The molecular formula is C10H10N2O4S2. The minimum atomic E-state index is -3.73. The predicted molar refractivity (Wildman–Crippen MR) is 67.6 cm³/mol. The highest BCUT2D eigenvalue weighted by Crippen LogP contribution is 2.23. The molecule has 0 amide bonds. The van der Waals surface area contributed by atoms with Crippen LogP contribution in [-0.4, -0.2) is 24.5 Å². The molecule has 96 valence electrons. The van der Waals surface area contributed by atoms with Gasteiger partial charge in [-0.05, 0) is 24.4 Å². The molecule has 6 nitrogen and oxygen atoms in total. The van der Waals surface area contributed by atoms with E-state index < -0.39 is 16.0 Å². The quantitative estimate of drug-likeness (QED) is 0.799. The number of aromatic carboxylic acids is 1. The number of anilines is 1. The fraction of sp³-hybridized carbons (Fsp3) is 0.100. The summed E-state index contributed by atoms with van der Waals surface area (Å²) in [5.41, 5.74) is 0.428. The molecule has 0 aromatic carbocycles.